The summed E-state index contributed by atoms with van der Waals surface area (Å²) in [4.78, 5) is 12.3. The summed E-state index contributed by atoms with van der Waals surface area (Å²) in [5, 5.41) is 10.1. The molecule has 1 unspecified atom stereocenters. The van der Waals surface area contributed by atoms with Gasteiger partial charge in [0.2, 0.25) is 5.91 Å². The van der Waals surface area contributed by atoms with Crippen molar-refractivity contribution in [1.29, 1.82) is 0 Å². The Morgan fingerprint density at radius 1 is 1.07 bits per heavy atom. The monoisotopic (exact) mass is 392 g/mol. The van der Waals surface area contributed by atoms with Gasteiger partial charge < -0.3 is 9.88 Å². The smallest absolute Gasteiger partial charge is 0.237 e. The number of carbonyl (C=O) groups is 1. The summed E-state index contributed by atoms with van der Waals surface area (Å²) in [6.45, 7) is 1.59. The lowest BCUT2D eigenvalue weighted by atomic mass is 10.2. The summed E-state index contributed by atoms with van der Waals surface area (Å²) in [7, 11) is 1.71. The van der Waals surface area contributed by atoms with Crippen LogP contribution in [0.15, 0.2) is 47.6 Å². The van der Waals surface area contributed by atoms with Gasteiger partial charge in [-0.1, -0.05) is 17.8 Å². The minimum atomic E-state index is -0.849. The Morgan fingerprint density at radius 2 is 1.70 bits per heavy atom. The fourth-order valence-electron chi connectivity index (χ4n) is 2.32. The van der Waals surface area contributed by atoms with Crippen molar-refractivity contribution in [3.63, 3.8) is 0 Å². The van der Waals surface area contributed by atoms with Crippen LogP contribution in [-0.4, -0.2) is 25.9 Å². The highest BCUT2D eigenvalue weighted by Crippen LogP contribution is 2.27. The van der Waals surface area contributed by atoms with Gasteiger partial charge in [0.15, 0.2) is 11.0 Å². The lowest BCUT2D eigenvalue weighted by Crippen LogP contribution is -2.24. The van der Waals surface area contributed by atoms with Crippen LogP contribution in [-0.2, 0) is 11.8 Å². The van der Waals surface area contributed by atoms with Crippen LogP contribution < -0.4 is 5.32 Å². The van der Waals surface area contributed by atoms with Crippen LogP contribution in [0.1, 0.15) is 6.92 Å². The third-order valence-corrected chi connectivity index (χ3v) is 4.93. The first-order valence-electron chi connectivity index (χ1n) is 7.93. The molecule has 5 nitrogen and oxygen atoms in total. The number of nitrogens with one attached hydrogen (secondary N) is 1. The number of benzene rings is 2. The Labute approximate surface area is 157 Å². The molecule has 2 aromatic carbocycles. The average Bonchev–Trinajstić information content (AvgIpc) is 2.99. The summed E-state index contributed by atoms with van der Waals surface area (Å²) in [6, 6.07) is 9.12. The van der Waals surface area contributed by atoms with Gasteiger partial charge in [-0.2, -0.15) is 0 Å². The molecular formula is C18H15F3N4OS. The van der Waals surface area contributed by atoms with Gasteiger partial charge in [0.25, 0.3) is 0 Å². The molecule has 3 rings (SSSR count). The Balaban J connectivity index is 1.73. The zero-order valence-corrected chi connectivity index (χ0v) is 15.2. The second kappa shape index (κ2) is 7.83. The van der Waals surface area contributed by atoms with Crippen molar-refractivity contribution in [2.75, 3.05) is 5.32 Å². The molecule has 0 fully saturated rings. The SMILES string of the molecule is CC(Sc1nnc(-c2ccc(F)cc2)n1C)C(=O)Nc1c(F)cccc1F. The van der Waals surface area contributed by atoms with Crippen LogP contribution in [0.3, 0.4) is 0 Å². The van der Waals surface area contributed by atoms with Gasteiger partial charge in [-0.05, 0) is 43.3 Å². The molecule has 3 aromatic rings. The van der Waals surface area contributed by atoms with Crippen LogP contribution in [0.4, 0.5) is 18.9 Å². The molecule has 27 heavy (non-hydrogen) atoms. The van der Waals surface area contributed by atoms with Crippen molar-refractivity contribution in [2.45, 2.75) is 17.3 Å². The van der Waals surface area contributed by atoms with Gasteiger partial charge in [-0.15, -0.1) is 10.2 Å². The third kappa shape index (κ3) is 4.13. The van der Waals surface area contributed by atoms with E-state index in [1.807, 2.05) is 0 Å². The summed E-state index contributed by atoms with van der Waals surface area (Å²) in [5.41, 5.74) is 0.184. The number of halogens is 3. The minimum absolute atomic E-state index is 0.360. The number of hydrogen-bond acceptors (Lipinski definition) is 4. The lowest BCUT2D eigenvalue weighted by Gasteiger charge is -2.12. The topological polar surface area (TPSA) is 59.8 Å². The Kier molecular flexibility index (Phi) is 5.50. The Bertz CT molecular complexity index is 955. The van der Waals surface area contributed by atoms with Gasteiger partial charge in [0, 0.05) is 12.6 Å². The number of para-hydroxylation sites is 1. The molecule has 0 radical (unpaired) electrons. The maximum Gasteiger partial charge on any atom is 0.237 e. The maximum absolute atomic E-state index is 13.7. The molecule has 0 aliphatic heterocycles. The van der Waals surface area contributed by atoms with Crippen LogP contribution in [0.2, 0.25) is 0 Å². The number of hydrogen-bond donors (Lipinski definition) is 1. The number of nitrogens with zero attached hydrogens (tertiary/aromatic N) is 3. The second-order valence-corrected chi connectivity index (χ2v) is 7.03. The summed E-state index contributed by atoms with van der Waals surface area (Å²) < 4.78 is 42.1. The highest BCUT2D eigenvalue weighted by Gasteiger charge is 2.21. The number of anilines is 1. The normalized spacial score (nSPS) is 12.0. The largest absolute Gasteiger partial charge is 0.320 e. The predicted octanol–water partition coefficient (Wildman–Crippen LogP) is 4.02. The van der Waals surface area contributed by atoms with Crippen molar-refractivity contribution in [3.8, 4) is 11.4 Å². The van der Waals surface area contributed by atoms with Crippen LogP contribution in [0.25, 0.3) is 11.4 Å². The first-order valence-corrected chi connectivity index (χ1v) is 8.81. The number of rotatable bonds is 5. The van der Waals surface area contributed by atoms with Gasteiger partial charge in [0.1, 0.15) is 23.1 Å². The molecule has 0 bridgehead atoms. The fraction of sp³-hybridized carbons (Fsp3) is 0.167. The highest BCUT2D eigenvalue weighted by atomic mass is 32.2. The van der Waals surface area contributed by atoms with Crippen LogP contribution in [0.5, 0.6) is 0 Å². The molecule has 0 saturated heterocycles. The number of carbonyl (C=O) groups excluding carboxylic acids is 1. The first kappa shape index (κ1) is 19.0. The van der Waals surface area contributed by atoms with Crippen molar-refractivity contribution in [1.82, 2.24) is 14.8 Å². The number of amides is 1. The zero-order chi connectivity index (χ0) is 19.6. The number of aromatic nitrogens is 3. The molecule has 9 heteroatoms. The molecule has 140 valence electrons. The highest BCUT2D eigenvalue weighted by molar-refractivity contribution is 8.00. The van der Waals surface area contributed by atoms with Crippen LogP contribution >= 0.6 is 11.8 Å². The van der Waals surface area contributed by atoms with Crippen molar-refractivity contribution in [3.05, 3.63) is 59.9 Å². The number of thioether (sulfide) groups is 1. The third-order valence-electron chi connectivity index (χ3n) is 3.80. The van der Waals surface area contributed by atoms with Gasteiger partial charge >= 0.3 is 0 Å². The van der Waals surface area contributed by atoms with Crippen LogP contribution in [0, 0.1) is 17.5 Å². The predicted molar refractivity (Wildman–Crippen MR) is 96.7 cm³/mol. The summed E-state index contributed by atoms with van der Waals surface area (Å²) in [5.74, 6) is -2.13. The molecule has 0 saturated carbocycles. The molecule has 1 N–H and O–H groups in total. The molecule has 1 amide bonds. The van der Waals surface area contributed by atoms with Gasteiger partial charge in [-0.3, -0.25) is 4.79 Å². The quantitative estimate of drug-likeness (QED) is 0.667. The Morgan fingerprint density at radius 3 is 2.33 bits per heavy atom. The standard InChI is InChI=1S/C18H15F3N4OS/c1-10(17(26)22-15-13(20)4-3-5-14(15)21)27-18-24-23-16(25(18)2)11-6-8-12(19)9-7-11/h3-10H,1-2H3,(H,22,26). The lowest BCUT2D eigenvalue weighted by molar-refractivity contribution is -0.115. The average molecular weight is 392 g/mol. The van der Waals surface area contributed by atoms with E-state index in [0.717, 1.165) is 23.9 Å². The van der Waals surface area contributed by atoms with E-state index in [0.29, 0.717) is 16.5 Å². The first-order chi connectivity index (χ1) is 12.9. The van der Waals surface area contributed by atoms with Crippen molar-refractivity contribution >= 4 is 23.4 Å². The molecule has 0 aliphatic carbocycles. The molecule has 0 spiro atoms. The molecule has 1 heterocycles. The van der Waals surface area contributed by atoms with Gasteiger partial charge in [-0.25, -0.2) is 13.2 Å². The van der Waals surface area contributed by atoms with Crippen molar-refractivity contribution in [2.24, 2.45) is 7.05 Å². The van der Waals surface area contributed by atoms with E-state index in [1.54, 1.807) is 30.7 Å². The van der Waals surface area contributed by atoms with E-state index in [4.69, 9.17) is 0 Å². The van der Waals surface area contributed by atoms with Crippen molar-refractivity contribution < 1.29 is 18.0 Å². The molecule has 1 atom stereocenters. The summed E-state index contributed by atoms with van der Waals surface area (Å²) in [6.07, 6.45) is 0. The van der Waals surface area contributed by atoms with E-state index in [1.165, 1.54) is 18.2 Å². The molecule has 0 aliphatic rings. The summed E-state index contributed by atoms with van der Waals surface area (Å²) >= 11 is 1.09. The molecular weight excluding hydrogens is 377 g/mol. The Hall–Kier alpha value is -2.81. The van der Waals surface area contributed by atoms with E-state index >= 15 is 0 Å². The minimum Gasteiger partial charge on any atom is -0.320 e. The van der Waals surface area contributed by atoms with Gasteiger partial charge in [0.05, 0.1) is 5.25 Å². The zero-order valence-electron chi connectivity index (χ0n) is 14.4. The maximum atomic E-state index is 13.7. The second-order valence-electron chi connectivity index (χ2n) is 5.72. The fourth-order valence-corrected chi connectivity index (χ4v) is 3.14. The van der Waals surface area contributed by atoms with E-state index in [9.17, 15) is 18.0 Å². The molecule has 1 aromatic heterocycles. The van der Waals surface area contributed by atoms with E-state index in [-0.39, 0.29) is 5.82 Å². The van der Waals surface area contributed by atoms with E-state index in [2.05, 4.69) is 15.5 Å². The van der Waals surface area contributed by atoms with E-state index < -0.39 is 28.5 Å².